The smallest absolute Gasteiger partial charge is 0.294 e. The molecule has 3 N–H and O–H groups in total. The van der Waals surface area contributed by atoms with Gasteiger partial charge in [-0.25, -0.2) is 0 Å². The molecule has 7 nitrogen and oxygen atoms in total. The van der Waals surface area contributed by atoms with Gasteiger partial charge in [-0.3, -0.25) is 9.11 Å². The Balaban J connectivity index is 2.15. The molecular formula is C11H15NO6S2. The molecule has 9 heteroatoms. The van der Waals surface area contributed by atoms with Crippen LogP contribution in [0, 0.1) is 0 Å². The first kappa shape index (κ1) is 15.2. The summed E-state index contributed by atoms with van der Waals surface area (Å²) in [4.78, 5) is -0.181. The fraction of sp³-hybridized carbons (Fsp3) is 0.455. The summed E-state index contributed by atoms with van der Waals surface area (Å²) in [6.07, 6.45) is 0.773. The standard InChI is InChI=1S/C11H15NO6S2/c13-19(14,15)5-1-2-8-7-12-11-4-3-9(6-10(8)11)20(16,17)18/h3-4,6,8,12H,1-2,5,7H2,(H,13,14,15)(H,16,17,18). The van der Waals surface area contributed by atoms with Crippen LogP contribution < -0.4 is 5.32 Å². The van der Waals surface area contributed by atoms with Crippen molar-refractivity contribution in [3.63, 3.8) is 0 Å². The van der Waals surface area contributed by atoms with Crippen LogP contribution in [0.1, 0.15) is 24.3 Å². The van der Waals surface area contributed by atoms with E-state index in [2.05, 4.69) is 5.32 Å². The van der Waals surface area contributed by atoms with E-state index in [4.69, 9.17) is 9.11 Å². The van der Waals surface area contributed by atoms with Gasteiger partial charge >= 0.3 is 0 Å². The Kier molecular flexibility index (Phi) is 4.05. The molecule has 0 saturated heterocycles. The van der Waals surface area contributed by atoms with E-state index in [9.17, 15) is 16.8 Å². The third-order valence-electron chi connectivity index (χ3n) is 3.25. The van der Waals surface area contributed by atoms with Crippen LogP contribution in [0.2, 0.25) is 0 Å². The third kappa shape index (κ3) is 3.69. The number of benzene rings is 1. The van der Waals surface area contributed by atoms with E-state index in [1.165, 1.54) is 12.1 Å². The van der Waals surface area contributed by atoms with Crippen molar-refractivity contribution in [2.45, 2.75) is 23.7 Å². The summed E-state index contributed by atoms with van der Waals surface area (Å²) in [6, 6.07) is 4.27. The molecule has 0 aliphatic carbocycles. The van der Waals surface area contributed by atoms with Gasteiger partial charge in [-0.2, -0.15) is 16.8 Å². The largest absolute Gasteiger partial charge is 0.384 e. The van der Waals surface area contributed by atoms with Gasteiger partial charge in [0.15, 0.2) is 0 Å². The Bertz CT molecular complexity index is 710. The molecule has 0 bridgehead atoms. The average Bonchev–Trinajstić information content (AvgIpc) is 2.69. The molecule has 0 aromatic heterocycles. The average molecular weight is 321 g/mol. The molecule has 1 aliphatic rings. The molecule has 1 aromatic carbocycles. The summed E-state index contributed by atoms with van der Waals surface area (Å²) in [5.74, 6) is -0.370. The van der Waals surface area contributed by atoms with Crippen LogP contribution in [0.4, 0.5) is 5.69 Å². The number of hydrogen-bond acceptors (Lipinski definition) is 5. The summed E-state index contributed by atoms with van der Waals surface area (Å²) >= 11 is 0. The molecule has 20 heavy (non-hydrogen) atoms. The van der Waals surface area contributed by atoms with Crippen molar-refractivity contribution in [3.05, 3.63) is 23.8 Å². The zero-order valence-electron chi connectivity index (χ0n) is 10.5. The lowest BCUT2D eigenvalue weighted by Crippen LogP contribution is -2.08. The van der Waals surface area contributed by atoms with Gasteiger partial charge in [0.2, 0.25) is 0 Å². The van der Waals surface area contributed by atoms with E-state index in [0.29, 0.717) is 13.0 Å². The zero-order valence-corrected chi connectivity index (χ0v) is 12.1. The summed E-state index contributed by atoms with van der Waals surface area (Å²) in [6.45, 7) is 0.565. The van der Waals surface area contributed by atoms with Crippen molar-refractivity contribution in [2.24, 2.45) is 0 Å². The summed E-state index contributed by atoms with van der Waals surface area (Å²) < 4.78 is 61.3. The summed E-state index contributed by atoms with van der Waals surface area (Å²) in [7, 11) is -8.24. The highest BCUT2D eigenvalue weighted by molar-refractivity contribution is 7.86. The maximum absolute atomic E-state index is 11.1. The van der Waals surface area contributed by atoms with Gasteiger partial charge in [-0.15, -0.1) is 0 Å². The van der Waals surface area contributed by atoms with Gasteiger partial charge in [-0.1, -0.05) is 0 Å². The maximum Gasteiger partial charge on any atom is 0.294 e. The first-order chi connectivity index (χ1) is 9.17. The molecule has 1 aliphatic heterocycles. The van der Waals surface area contributed by atoms with Crippen LogP contribution in [0.3, 0.4) is 0 Å². The third-order valence-corrected chi connectivity index (χ3v) is 4.91. The SMILES string of the molecule is O=S(=O)(O)CCCC1CNc2ccc(S(=O)(=O)O)cc21. The summed E-state index contributed by atoms with van der Waals surface area (Å²) in [5, 5.41) is 3.09. The molecule has 112 valence electrons. The molecule has 0 amide bonds. The van der Waals surface area contributed by atoms with E-state index in [0.717, 1.165) is 11.3 Å². The van der Waals surface area contributed by atoms with Gasteiger partial charge in [0.05, 0.1) is 10.6 Å². The Labute approximate surface area is 117 Å². The van der Waals surface area contributed by atoms with Crippen molar-refractivity contribution in [1.29, 1.82) is 0 Å². The van der Waals surface area contributed by atoms with Crippen molar-refractivity contribution in [2.75, 3.05) is 17.6 Å². The Hall–Kier alpha value is -1.16. The molecule has 0 saturated carbocycles. The molecule has 1 heterocycles. The predicted octanol–water partition coefficient (Wildman–Crippen LogP) is 1.11. The Morgan fingerprint density at radius 2 is 1.90 bits per heavy atom. The van der Waals surface area contributed by atoms with Crippen molar-refractivity contribution >= 4 is 25.9 Å². The van der Waals surface area contributed by atoms with Crippen molar-refractivity contribution in [1.82, 2.24) is 0 Å². The van der Waals surface area contributed by atoms with Gasteiger partial charge < -0.3 is 5.32 Å². The minimum absolute atomic E-state index is 0.0477. The van der Waals surface area contributed by atoms with Gasteiger partial charge in [0, 0.05) is 18.2 Å². The second-order valence-electron chi connectivity index (χ2n) is 4.73. The monoisotopic (exact) mass is 321 g/mol. The van der Waals surface area contributed by atoms with Gasteiger partial charge in [-0.05, 0) is 36.6 Å². The lowest BCUT2D eigenvalue weighted by Gasteiger charge is -2.10. The zero-order chi connectivity index (χ0) is 15.0. The van der Waals surface area contributed by atoms with Crippen LogP contribution >= 0.6 is 0 Å². The topological polar surface area (TPSA) is 121 Å². The van der Waals surface area contributed by atoms with Crippen LogP contribution in [0.5, 0.6) is 0 Å². The Morgan fingerprint density at radius 3 is 2.50 bits per heavy atom. The van der Waals surface area contributed by atoms with E-state index in [1.807, 2.05) is 0 Å². The number of anilines is 1. The fourth-order valence-electron chi connectivity index (χ4n) is 2.31. The summed E-state index contributed by atoms with van der Waals surface area (Å²) in [5.41, 5.74) is 1.50. The van der Waals surface area contributed by atoms with Gasteiger partial charge in [0.1, 0.15) is 0 Å². The highest BCUT2D eigenvalue weighted by atomic mass is 32.2. The molecule has 1 aromatic rings. The molecule has 0 fully saturated rings. The number of nitrogens with one attached hydrogen (secondary N) is 1. The first-order valence-electron chi connectivity index (χ1n) is 5.97. The van der Waals surface area contributed by atoms with Crippen molar-refractivity contribution < 1.29 is 25.9 Å². The molecule has 0 spiro atoms. The van der Waals surface area contributed by atoms with Crippen molar-refractivity contribution in [3.8, 4) is 0 Å². The molecule has 1 atom stereocenters. The molecular weight excluding hydrogens is 306 g/mol. The molecule has 1 unspecified atom stereocenters. The fourth-order valence-corrected chi connectivity index (χ4v) is 3.36. The van der Waals surface area contributed by atoms with E-state index >= 15 is 0 Å². The lowest BCUT2D eigenvalue weighted by molar-refractivity contribution is 0.478. The lowest BCUT2D eigenvalue weighted by atomic mass is 9.97. The van der Waals surface area contributed by atoms with E-state index in [-0.39, 0.29) is 23.0 Å². The van der Waals surface area contributed by atoms with E-state index < -0.39 is 20.2 Å². The highest BCUT2D eigenvalue weighted by Crippen LogP contribution is 2.35. The minimum atomic E-state index is -4.26. The van der Waals surface area contributed by atoms with Crippen LogP contribution in [-0.2, 0) is 20.2 Å². The molecule has 0 radical (unpaired) electrons. The highest BCUT2D eigenvalue weighted by Gasteiger charge is 2.24. The van der Waals surface area contributed by atoms with Crippen LogP contribution in [0.25, 0.3) is 0 Å². The first-order valence-corrected chi connectivity index (χ1v) is 9.02. The normalized spacial score (nSPS) is 18.6. The minimum Gasteiger partial charge on any atom is -0.384 e. The second kappa shape index (κ2) is 5.32. The van der Waals surface area contributed by atoms with Gasteiger partial charge in [0.25, 0.3) is 20.2 Å². The maximum atomic E-state index is 11.1. The van der Waals surface area contributed by atoms with Crippen LogP contribution in [-0.4, -0.2) is 38.2 Å². The second-order valence-corrected chi connectivity index (χ2v) is 7.72. The van der Waals surface area contributed by atoms with Crippen LogP contribution in [0.15, 0.2) is 23.1 Å². The van der Waals surface area contributed by atoms with E-state index in [1.54, 1.807) is 6.07 Å². The number of hydrogen-bond donors (Lipinski definition) is 3. The molecule has 2 rings (SSSR count). The number of rotatable bonds is 5. The number of fused-ring (bicyclic) bond motifs is 1. The quantitative estimate of drug-likeness (QED) is 0.695. The Morgan fingerprint density at radius 1 is 1.20 bits per heavy atom. The predicted molar refractivity (Wildman–Crippen MR) is 73.1 cm³/mol.